The Morgan fingerprint density at radius 2 is 2.10 bits per heavy atom. The second kappa shape index (κ2) is 7.14. The van der Waals surface area contributed by atoms with Gasteiger partial charge < -0.3 is 15.2 Å². The molecule has 0 unspecified atom stereocenters. The lowest BCUT2D eigenvalue weighted by Gasteiger charge is -2.19. The van der Waals surface area contributed by atoms with E-state index in [1.165, 1.54) is 23.6 Å². The first-order valence-electron chi connectivity index (χ1n) is 6.35. The van der Waals surface area contributed by atoms with Gasteiger partial charge in [0.2, 0.25) is 5.88 Å². The first kappa shape index (κ1) is 15.4. The molecule has 1 aliphatic rings. The van der Waals surface area contributed by atoms with E-state index in [0.717, 1.165) is 5.56 Å². The van der Waals surface area contributed by atoms with Gasteiger partial charge in [-0.25, -0.2) is 14.5 Å². The Bertz CT molecular complexity index is 545. The highest BCUT2D eigenvalue weighted by Crippen LogP contribution is 2.25. The maximum Gasteiger partial charge on any atom is 0.417 e. The molecule has 1 aromatic carbocycles. The highest BCUT2D eigenvalue weighted by molar-refractivity contribution is 8.02. The normalized spacial score (nSPS) is 15.3. The van der Waals surface area contributed by atoms with E-state index in [4.69, 9.17) is 15.2 Å². The van der Waals surface area contributed by atoms with Gasteiger partial charge in [0.15, 0.2) is 0 Å². The van der Waals surface area contributed by atoms with E-state index in [9.17, 15) is 9.59 Å². The summed E-state index contributed by atoms with van der Waals surface area (Å²) in [5.74, 6) is -0.0974. The molecule has 1 heterocycles. The third-order valence-electron chi connectivity index (χ3n) is 2.66. The molecule has 1 atom stereocenters. The summed E-state index contributed by atoms with van der Waals surface area (Å²) in [6.07, 6.45) is -0.562. The van der Waals surface area contributed by atoms with Gasteiger partial charge in [0.05, 0.1) is 5.88 Å². The summed E-state index contributed by atoms with van der Waals surface area (Å²) < 4.78 is 10.3. The van der Waals surface area contributed by atoms with E-state index >= 15 is 0 Å². The molecule has 21 heavy (non-hydrogen) atoms. The third kappa shape index (κ3) is 4.24. The topological polar surface area (TPSA) is 81.9 Å². The molecule has 1 aliphatic heterocycles. The van der Waals surface area contributed by atoms with Crippen molar-refractivity contribution in [2.45, 2.75) is 19.6 Å². The highest BCUT2D eigenvalue weighted by Gasteiger charge is 2.28. The Labute approximate surface area is 126 Å². The summed E-state index contributed by atoms with van der Waals surface area (Å²) in [6, 6.07) is 8.59. The molecule has 7 heteroatoms. The zero-order valence-electron chi connectivity index (χ0n) is 11.5. The van der Waals surface area contributed by atoms with Crippen LogP contribution in [0.1, 0.15) is 12.5 Å². The van der Waals surface area contributed by atoms with Gasteiger partial charge in [0.1, 0.15) is 12.6 Å². The molecule has 0 spiro atoms. The van der Waals surface area contributed by atoms with Crippen molar-refractivity contribution in [2.24, 2.45) is 5.73 Å². The van der Waals surface area contributed by atoms with Crippen LogP contribution in [0.15, 0.2) is 41.6 Å². The molecule has 0 saturated heterocycles. The van der Waals surface area contributed by atoms with E-state index in [-0.39, 0.29) is 12.5 Å². The van der Waals surface area contributed by atoms with Crippen molar-refractivity contribution < 1.29 is 19.1 Å². The summed E-state index contributed by atoms with van der Waals surface area (Å²) in [5.41, 5.74) is 6.31. The molecule has 1 amide bonds. The first-order valence-corrected chi connectivity index (χ1v) is 7.40. The number of carbonyl (C=O) groups is 2. The zero-order valence-corrected chi connectivity index (χ0v) is 12.3. The molecular weight excluding hydrogens is 292 g/mol. The predicted octanol–water partition coefficient (Wildman–Crippen LogP) is 2.02. The van der Waals surface area contributed by atoms with Gasteiger partial charge >= 0.3 is 12.1 Å². The van der Waals surface area contributed by atoms with Crippen LogP contribution in [-0.4, -0.2) is 28.9 Å². The van der Waals surface area contributed by atoms with Gasteiger partial charge in [-0.2, -0.15) is 0 Å². The van der Waals surface area contributed by atoms with Crippen LogP contribution in [0.2, 0.25) is 0 Å². The van der Waals surface area contributed by atoms with Gasteiger partial charge in [-0.05, 0) is 12.5 Å². The largest absolute Gasteiger partial charge is 0.444 e. The van der Waals surface area contributed by atoms with Gasteiger partial charge in [-0.3, -0.25) is 0 Å². The minimum Gasteiger partial charge on any atom is -0.444 e. The number of hydrogen-bond acceptors (Lipinski definition) is 6. The van der Waals surface area contributed by atoms with Crippen molar-refractivity contribution in [1.29, 1.82) is 0 Å². The summed E-state index contributed by atoms with van der Waals surface area (Å²) in [4.78, 5) is 24.7. The second-order valence-electron chi connectivity index (χ2n) is 4.43. The molecule has 2 rings (SSSR count). The van der Waals surface area contributed by atoms with E-state index in [0.29, 0.717) is 5.88 Å². The number of ether oxygens (including phenoxy) is 2. The van der Waals surface area contributed by atoms with Crippen LogP contribution in [0.4, 0.5) is 4.79 Å². The molecule has 2 N–H and O–H groups in total. The van der Waals surface area contributed by atoms with E-state index < -0.39 is 18.1 Å². The van der Waals surface area contributed by atoms with Crippen molar-refractivity contribution in [3.8, 4) is 0 Å². The number of hydrogen-bond donors (Lipinski definition) is 1. The Balaban J connectivity index is 1.90. The van der Waals surface area contributed by atoms with E-state index in [2.05, 4.69) is 0 Å². The molecule has 0 saturated carbocycles. The SMILES string of the molecule is C[C@H](N)C(=O)OC1=CSCN1C(=O)OCc1ccccc1. The number of rotatable bonds is 4. The predicted molar refractivity (Wildman–Crippen MR) is 78.7 cm³/mol. The molecule has 0 bridgehead atoms. The molecule has 0 aliphatic carbocycles. The molecule has 6 nitrogen and oxygen atoms in total. The standard InChI is InChI=1S/C14H16N2O4S/c1-10(15)13(17)20-12-8-21-9-16(12)14(18)19-7-11-5-3-2-4-6-11/h2-6,8,10H,7,9,15H2,1H3/t10-/m0/s1. The second-order valence-corrected chi connectivity index (χ2v) is 5.26. The van der Waals surface area contributed by atoms with Crippen LogP contribution in [-0.2, 0) is 20.9 Å². The van der Waals surface area contributed by atoms with Gasteiger partial charge in [-0.15, -0.1) is 11.8 Å². The number of nitrogens with two attached hydrogens (primary N) is 1. The lowest BCUT2D eigenvalue weighted by Crippen LogP contribution is -2.34. The Kier molecular flexibility index (Phi) is 5.24. The fourth-order valence-corrected chi connectivity index (χ4v) is 2.30. The van der Waals surface area contributed by atoms with Crippen LogP contribution in [0.5, 0.6) is 0 Å². The Morgan fingerprint density at radius 3 is 2.76 bits per heavy atom. The minimum atomic E-state index is -0.751. The maximum absolute atomic E-state index is 12.0. The average molecular weight is 308 g/mol. The van der Waals surface area contributed by atoms with Crippen molar-refractivity contribution in [2.75, 3.05) is 5.88 Å². The molecule has 0 radical (unpaired) electrons. The number of amides is 1. The number of thioether (sulfide) groups is 1. The smallest absolute Gasteiger partial charge is 0.417 e. The number of nitrogens with zero attached hydrogens (tertiary/aromatic N) is 1. The first-order chi connectivity index (χ1) is 10.1. The summed E-state index contributed by atoms with van der Waals surface area (Å²) in [6.45, 7) is 1.68. The van der Waals surface area contributed by atoms with Crippen molar-refractivity contribution in [3.63, 3.8) is 0 Å². The van der Waals surface area contributed by atoms with Gasteiger partial charge in [0, 0.05) is 5.41 Å². The Morgan fingerprint density at radius 1 is 1.38 bits per heavy atom. The van der Waals surface area contributed by atoms with Crippen molar-refractivity contribution in [1.82, 2.24) is 4.90 Å². The zero-order chi connectivity index (χ0) is 15.2. The van der Waals surface area contributed by atoms with Gasteiger partial charge in [-0.1, -0.05) is 30.3 Å². The monoisotopic (exact) mass is 308 g/mol. The van der Waals surface area contributed by atoms with Crippen LogP contribution in [0.25, 0.3) is 0 Å². The lowest BCUT2D eigenvalue weighted by molar-refractivity contribution is -0.142. The van der Waals surface area contributed by atoms with Crippen LogP contribution in [0.3, 0.4) is 0 Å². The van der Waals surface area contributed by atoms with Crippen LogP contribution in [0, 0.1) is 0 Å². The minimum absolute atomic E-state index is 0.153. The number of esters is 1. The van der Waals surface area contributed by atoms with Crippen LogP contribution < -0.4 is 5.73 Å². The molecule has 0 aromatic heterocycles. The third-order valence-corrected chi connectivity index (χ3v) is 3.43. The molecular formula is C14H16N2O4S. The average Bonchev–Trinajstić information content (AvgIpc) is 2.94. The highest BCUT2D eigenvalue weighted by atomic mass is 32.2. The molecule has 112 valence electrons. The fourth-order valence-electron chi connectivity index (χ4n) is 1.53. The summed E-state index contributed by atoms with van der Waals surface area (Å²) in [5, 5.41) is 1.59. The fraction of sp³-hybridized carbons (Fsp3) is 0.286. The number of benzene rings is 1. The molecule has 1 aromatic rings. The Hall–Kier alpha value is -1.99. The quantitative estimate of drug-likeness (QED) is 0.857. The summed E-state index contributed by atoms with van der Waals surface area (Å²) >= 11 is 1.34. The van der Waals surface area contributed by atoms with Crippen molar-refractivity contribution in [3.05, 3.63) is 47.2 Å². The maximum atomic E-state index is 12.0. The lowest BCUT2D eigenvalue weighted by atomic mass is 10.2. The van der Waals surface area contributed by atoms with Crippen LogP contribution >= 0.6 is 11.8 Å². The number of carbonyl (C=O) groups excluding carboxylic acids is 2. The summed E-state index contributed by atoms with van der Waals surface area (Å²) in [7, 11) is 0. The van der Waals surface area contributed by atoms with E-state index in [1.807, 2.05) is 30.3 Å². The van der Waals surface area contributed by atoms with E-state index in [1.54, 1.807) is 5.41 Å². The molecule has 0 fully saturated rings. The van der Waals surface area contributed by atoms with Crippen molar-refractivity contribution >= 4 is 23.8 Å². The van der Waals surface area contributed by atoms with Gasteiger partial charge in [0.25, 0.3) is 0 Å².